The molecular formula is C16H33N5O2. The molecule has 7 nitrogen and oxygen atoms in total. The molecule has 1 aliphatic rings. The molecule has 0 aromatic rings. The summed E-state index contributed by atoms with van der Waals surface area (Å²) in [5, 5.41) is 3.13. The van der Waals surface area contributed by atoms with Gasteiger partial charge in [-0.3, -0.25) is 9.89 Å². The van der Waals surface area contributed by atoms with Gasteiger partial charge in [0.1, 0.15) is 5.60 Å². The maximum atomic E-state index is 12.0. The molecule has 0 bridgehead atoms. The smallest absolute Gasteiger partial charge is 0.410 e. The van der Waals surface area contributed by atoms with Crippen LogP contribution < -0.4 is 11.1 Å². The second-order valence-corrected chi connectivity index (χ2v) is 6.86. The molecule has 1 heterocycles. The molecule has 0 unspecified atom stereocenters. The van der Waals surface area contributed by atoms with Gasteiger partial charge >= 0.3 is 6.09 Å². The Labute approximate surface area is 140 Å². The minimum Gasteiger partial charge on any atom is -0.444 e. The van der Waals surface area contributed by atoms with Crippen LogP contribution in [0, 0.1) is 0 Å². The van der Waals surface area contributed by atoms with E-state index in [2.05, 4.69) is 22.1 Å². The minimum atomic E-state index is -0.431. The van der Waals surface area contributed by atoms with E-state index in [9.17, 15) is 4.79 Å². The normalized spacial score (nSPS) is 17.2. The average molecular weight is 327 g/mol. The summed E-state index contributed by atoms with van der Waals surface area (Å²) in [6.07, 6.45) is 1.80. The Balaban J connectivity index is 2.16. The summed E-state index contributed by atoms with van der Waals surface area (Å²) < 4.78 is 5.40. The van der Waals surface area contributed by atoms with Gasteiger partial charge in [-0.15, -0.1) is 0 Å². The number of amides is 1. The first-order valence-corrected chi connectivity index (χ1v) is 8.56. The van der Waals surface area contributed by atoms with Crippen molar-refractivity contribution in [3.63, 3.8) is 0 Å². The molecule has 0 radical (unpaired) electrons. The molecule has 1 amide bonds. The van der Waals surface area contributed by atoms with Crippen molar-refractivity contribution in [3.8, 4) is 0 Å². The molecule has 1 rings (SSSR count). The highest BCUT2D eigenvalue weighted by molar-refractivity contribution is 5.77. The Morgan fingerprint density at radius 1 is 1.26 bits per heavy atom. The van der Waals surface area contributed by atoms with Crippen LogP contribution in [0.2, 0.25) is 0 Å². The summed E-state index contributed by atoms with van der Waals surface area (Å²) >= 11 is 0. The van der Waals surface area contributed by atoms with Gasteiger partial charge in [0.2, 0.25) is 0 Å². The molecule has 0 saturated carbocycles. The summed E-state index contributed by atoms with van der Waals surface area (Å²) in [4.78, 5) is 20.3. The molecule has 134 valence electrons. The number of piperazine rings is 1. The maximum Gasteiger partial charge on any atom is 0.410 e. The van der Waals surface area contributed by atoms with Crippen LogP contribution in [-0.2, 0) is 4.74 Å². The highest BCUT2D eigenvalue weighted by Crippen LogP contribution is 2.11. The van der Waals surface area contributed by atoms with E-state index in [1.165, 1.54) is 0 Å². The van der Waals surface area contributed by atoms with Crippen molar-refractivity contribution in [2.24, 2.45) is 10.7 Å². The van der Waals surface area contributed by atoms with E-state index in [1.807, 2.05) is 20.8 Å². The molecule has 0 aliphatic carbocycles. The zero-order chi connectivity index (χ0) is 17.3. The van der Waals surface area contributed by atoms with E-state index in [0.717, 1.165) is 58.7 Å². The van der Waals surface area contributed by atoms with Gasteiger partial charge in [0.25, 0.3) is 0 Å². The van der Waals surface area contributed by atoms with Gasteiger partial charge in [-0.25, -0.2) is 4.79 Å². The van der Waals surface area contributed by atoms with E-state index in [4.69, 9.17) is 10.5 Å². The largest absolute Gasteiger partial charge is 0.444 e. The number of carbonyl (C=O) groups excluding carboxylic acids is 1. The first kappa shape index (κ1) is 19.5. The second kappa shape index (κ2) is 9.60. The monoisotopic (exact) mass is 327 g/mol. The lowest BCUT2D eigenvalue weighted by molar-refractivity contribution is 0.0145. The van der Waals surface area contributed by atoms with E-state index >= 15 is 0 Å². The Morgan fingerprint density at radius 3 is 2.48 bits per heavy atom. The van der Waals surface area contributed by atoms with Crippen LogP contribution in [0.5, 0.6) is 0 Å². The number of aliphatic imine (C=N–C) groups is 1. The van der Waals surface area contributed by atoms with Crippen LogP contribution in [0.15, 0.2) is 4.99 Å². The number of nitrogens with two attached hydrogens (primary N) is 1. The first-order chi connectivity index (χ1) is 10.8. The van der Waals surface area contributed by atoms with E-state index < -0.39 is 5.60 Å². The van der Waals surface area contributed by atoms with Gasteiger partial charge in [0.05, 0.1) is 0 Å². The zero-order valence-electron chi connectivity index (χ0n) is 15.1. The van der Waals surface area contributed by atoms with Gasteiger partial charge in [0.15, 0.2) is 5.96 Å². The predicted octanol–water partition coefficient (Wildman–Crippen LogP) is 1.24. The van der Waals surface area contributed by atoms with Crippen LogP contribution in [0.1, 0.15) is 40.5 Å². The fourth-order valence-electron chi connectivity index (χ4n) is 2.29. The molecule has 3 N–H and O–H groups in total. The summed E-state index contributed by atoms with van der Waals surface area (Å²) in [6, 6.07) is 0. The van der Waals surface area contributed by atoms with Gasteiger partial charge in [-0.1, -0.05) is 6.92 Å². The van der Waals surface area contributed by atoms with Crippen molar-refractivity contribution in [1.82, 2.24) is 15.1 Å². The van der Waals surface area contributed by atoms with Crippen LogP contribution in [0.25, 0.3) is 0 Å². The van der Waals surface area contributed by atoms with Crippen LogP contribution >= 0.6 is 0 Å². The quantitative estimate of drug-likeness (QED) is 0.436. The molecule has 0 aromatic carbocycles. The minimum absolute atomic E-state index is 0.210. The summed E-state index contributed by atoms with van der Waals surface area (Å²) in [6.45, 7) is 13.6. The second-order valence-electron chi connectivity index (χ2n) is 6.86. The SMILES string of the molecule is CCCN=C(N)NCCCN1CCN(C(=O)OC(C)(C)C)CC1. The van der Waals surface area contributed by atoms with E-state index in [1.54, 1.807) is 4.90 Å². The molecule has 1 fully saturated rings. The molecule has 1 aliphatic heterocycles. The molecule has 1 saturated heterocycles. The third-order valence-electron chi connectivity index (χ3n) is 3.49. The van der Waals surface area contributed by atoms with Gasteiger partial charge in [0, 0.05) is 39.3 Å². The number of hydrogen-bond acceptors (Lipinski definition) is 4. The predicted molar refractivity (Wildman–Crippen MR) is 93.6 cm³/mol. The molecule has 0 aromatic heterocycles. The Morgan fingerprint density at radius 2 is 1.91 bits per heavy atom. The van der Waals surface area contributed by atoms with Crippen molar-refractivity contribution in [2.45, 2.75) is 46.1 Å². The zero-order valence-corrected chi connectivity index (χ0v) is 15.1. The molecule has 0 atom stereocenters. The molecule has 7 heteroatoms. The molecular weight excluding hydrogens is 294 g/mol. The van der Waals surface area contributed by atoms with E-state index in [-0.39, 0.29) is 6.09 Å². The van der Waals surface area contributed by atoms with Crippen molar-refractivity contribution in [3.05, 3.63) is 0 Å². The van der Waals surface area contributed by atoms with Crippen molar-refractivity contribution in [2.75, 3.05) is 45.8 Å². The molecule has 0 spiro atoms. The number of ether oxygens (including phenoxy) is 1. The molecule has 23 heavy (non-hydrogen) atoms. The average Bonchev–Trinajstić information content (AvgIpc) is 2.48. The Bertz CT molecular complexity index is 384. The number of rotatable bonds is 6. The highest BCUT2D eigenvalue weighted by Gasteiger charge is 2.25. The summed E-state index contributed by atoms with van der Waals surface area (Å²) in [5.41, 5.74) is 5.32. The fraction of sp³-hybridized carbons (Fsp3) is 0.875. The number of nitrogens with one attached hydrogen (secondary N) is 1. The third-order valence-corrected chi connectivity index (χ3v) is 3.49. The summed E-state index contributed by atoms with van der Waals surface area (Å²) in [5.74, 6) is 0.529. The summed E-state index contributed by atoms with van der Waals surface area (Å²) in [7, 11) is 0. The fourth-order valence-corrected chi connectivity index (χ4v) is 2.29. The number of nitrogens with zero attached hydrogens (tertiary/aromatic N) is 3. The van der Waals surface area contributed by atoms with Gasteiger partial charge in [-0.2, -0.15) is 0 Å². The van der Waals surface area contributed by atoms with Crippen LogP contribution in [-0.4, -0.2) is 73.3 Å². The van der Waals surface area contributed by atoms with Crippen molar-refractivity contribution >= 4 is 12.1 Å². The maximum absolute atomic E-state index is 12.0. The van der Waals surface area contributed by atoms with Crippen molar-refractivity contribution < 1.29 is 9.53 Å². The van der Waals surface area contributed by atoms with E-state index in [0.29, 0.717) is 5.96 Å². The lowest BCUT2D eigenvalue weighted by Crippen LogP contribution is -2.50. The highest BCUT2D eigenvalue weighted by atomic mass is 16.6. The first-order valence-electron chi connectivity index (χ1n) is 8.56. The third kappa shape index (κ3) is 8.64. The van der Waals surface area contributed by atoms with Crippen LogP contribution in [0.3, 0.4) is 0 Å². The lowest BCUT2D eigenvalue weighted by atomic mass is 10.2. The number of carbonyl (C=O) groups is 1. The standard InChI is InChI=1S/C16H33N5O2/c1-5-7-18-14(17)19-8-6-9-20-10-12-21(13-11-20)15(22)23-16(2,3)4/h5-13H2,1-4H3,(H3,17,18,19). The number of guanidine groups is 1. The lowest BCUT2D eigenvalue weighted by Gasteiger charge is -2.35. The van der Waals surface area contributed by atoms with Gasteiger partial charge < -0.3 is 20.7 Å². The van der Waals surface area contributed by atoms with Crippen LogP contribution in [0.4, 0.5) is 4.79 Å². The Hall–Kier alpha value is -1.50. The van der Waals surface area contributed by atoms with Gasteiger partial charge in [-0.05, 0) is 40.2 Å². The number of hydrogen-bond donors (Lipinski definition) is 2. The van der Waals surface area contributed by atoms with Crippen molar-refractivity contribution in [1.29, 1.82) is 0 Å². The topological polar surface area (TPSA) is 83.2 Å². The Kier molecular flexibility index (Phi) is 8.16.